The van der Waals surface area contributed by atoms with Crippen molar-refractivity contribution in [1.82, 2.24) is 4.98 Å². The lowest BCUT2D eigenvalue weighted by atomic mass is 10.2. The highest BCUT2D eigenvalue weighted by molar-refractivity contribution is 7.22. The number of benzene rings is 2. The fourth-order valence-electron chi connectivity index (χ4n) is 2.20. The highest BCUT2D eigenvalue weighted by Gasteiger charge is 2.30. The maximum atomic E-state index is 12.7. The van der Waals surface area contributed by atoms with Gasteiger partial charge in [-0.15, -0.1) is 0 Å². The third kappa shape index (κ3) is 3.95. The van der Waals surface area contributed by atoms with Crippen molar-refractivity contribution in [1.29, 1.82) is 0 Å². The van der Waals surface area contributed by atoms with Crippen molar-refractivity contribution < 1.29 is 18.3 Å². The van der Waals surface area contributed by atoms with Gasteiger partial charge in [0, 0.05) is 11.3 Å². The molecule has 128 valence electrons. The zero-order valence-corrected chi connectivity index (χ0v) is 13.5. The zero-order chi connectivity index (χ0) is 18.0. The molecule has 0 saturated heterocycles. The van der Waals surface area contributed by atoms with Crippen LogP contribution >= 0.6 is 11.3 Å². The van der Waals surface area contributed by atoms with E-state index in [4.69, 9.17) is 5.73 Å². The van der Waals surface area contributed by atoms with Gasteiger partial charge >= 0.3 is 6.18 Å². The number of hydrogen-bond donors (Lipinski definition) is 3. The van der Waals surface area contributed by atoms with E-state index in [2.05, 4.69) is 22.1 Å². The number of hydrogen-bond acceptors (Lipinski definition) is 5. The number of nitrogen functional groups attached to an aromatic ring is 1. The van der Waals surface area contributed by atoms with Gasteiger partial charge in [0.1, 0.15) is 11.3 Å². The molecular formula is C17H12F3N3OS. The Bertz CT molecular complexity index is 986. The van der Waals surface area contributed by atoms with Gasteiger partial charge in [-0.2, -0.15) is 13.2 Å². The monoisotopic (exact) mass is 363 g/mol. The molecule has 0 unspecified atom stereocenters. The molecule has 0 aliphatic rings. The van der Waals surface area contributed by atoms with Crippen LogP contribution in [0.15, 0.2) is 36.4 Å². The summed E-state index contributed by atoms with van der Waals surface area (Å²) >= 11 is 1.24. The molecule has 25 heavy (non-hydrogen) atoms. The number of nitrogens with one attached hydrogen (secondary N) is 1. The standard InChI is InChI=1S/C17H12F3N3OS/c18-17(19,20)11-4-1-5-12(9-11)22-6-2-3-10-7-13(24)15-14(8-10)25-16(21)23-15/h1,4-5,7-9,22,24H,6H2,(H2,21,23). The van der Waals surface area contributed by atoms with Crippen LogP contribution in [0.4, 0.5) is 24.0 Å². The Hall–Kier alpha value is -2.92. The van der Waals surface area contributed by atoms with Gasteiger partial charge in [-0.05, 0) is 30.3 Å². The Morgan fingerprint density at radius 2 is 2.04 bits per heavy atom. The Morgan fingerprint density at radius 1 is 1.24 bits per heavy atom. The predicted octanol–water partition coefficient (Wildman–Crippen LogP) is 4.07. The molecule has 0 fully saturated rings. The van der Waals surface area contributed by atoms with Crippen LogP contribution in [-0.2, 0) is 6.18 Å². The number of rotatable bonds is 2. The Balaban J connectivity index is 1.71. The van der Waals surface area contributed by atoms with Gasteiger partial charge in [0.15, 0.2) is 5.13 Å². The van der Waals surface area contributed by atoms with Crippen molar-refractivity contribution in [2.45, 2.75) is 6.18 Å². The molecule has 4 nitrogen and oxygen atoms in total. The first-order valence-corrected chi connectivity index (χ1v) is 7.93. The molecular weight excluding hydrogens is 351 g/mol. The average Bonchev–Trinajstić information content (AvgIpc) is 2.92. The van der Waals surface area contributed by atoms with Crippen molar-refractivity contribution in [3.8, 4) is 17.6 Å². The smallest absolute Gasteiger partial charge is 0.416 e. The second-order valence-electron chi connectivity index (χ2n) is 5.13. The van der Waals surface area contributed by atoms with Crippen LogP contribution in [0.25, 0.3) is 10.2 Å². The molecule has 0 aliphatic carbocycles. The number of aromatic nitrogens is 1. The summed E-state index contributed by atoms with van der Waals surface area (Å²) in [5, 5.41) is 13.1. The lowest BCUT2D eigenvalue weighted by Gasteiger charge is -2.08. The lowest BCUT2D eigenvalue weighted by Crippen LogP contribution is -2.06. The van der Waals surface area contributed by atoms with Gasteiger partial charge in [-0.1, -0.05) is 29.2 Å². The molecule has 3 rings (SSSR count). The first-order valence-electron chi connectivity index (χ1n) is 7.12. The van der Waals surface area contributed by atoms with Crippen molar-refractivity contribution in [3.05, 3.63) is 47.5 Å². The Morgan fingerprint density at radius 3 is 2.80 bits per heavy atom. The van der Waals surface area contributed by atoms with Crippen LogP contribution in [0, 0.1) is 11.8 Å². The predicted molar refractivity (Wildman–Crippen MR) is 92.5 cm³/mol. The molecule has 0 radical (unpaired) electrons. The molecule has 8 heteroatoms. The fourth-order valence-corrected chi connectivity index (χ4v) is 2.99. The molecule has 0 saturated carbocycles. The minimum Gasteiger partial charge on any atom is -0.506 e. The topological polar surface area (TPSA) is 71.2 Å². The van der Waals surface area contributed by atoms with E-state index in [1.807, 2.05) is 0 Å². The minimum atomic E-state index is -4.38. The van der Waals surface area contributed by atoms with Gasteiger partial charge in [-0.3, -0.25) is 0 Å². The van der Waals surface area contributed by atoms with Crippen molar-refractivity contribution >= 4 is 32.4 Å². The van der Waals surface area contributed by atoms with E-state index >= 15 is 0 Å². The molecule has 4 N–H and O–H groups in total. The number of phenolic OH excluding ortho intramolecular Hbond substituents is 1. The second-order valence-corrected chi connectivity index (χ2v) is 6.19. The van der Waals surface area contributed by atoms with E-state index in [9.17, 15) is 18.3 Å². The Labute approximate surface area is 145 Å². The molecule has 1 heterocycles. The number of thiazole rings is 1. The maximum Gasteiger partial charge on any atom is 0.416 e. The summed E-state index contributed by atoms with van der Waals surface area (Å²) in [6.45, 7) is 0.158. The maximum absolute atomic E-state index is 12.7. The highest BCUT2D eigenvalue weighted by Crippen LogP contribution is 2.32. The number of nitrogens with two attached hydrogens (primary N) is 1. The molecule has 0 aliphatic heterocycles. The van der Waals surface area contributed by atoms with E-state index in [-0.39, 0.29) is 12.3 Å². The Kier molecular flexibility index (Phi) is 4.42. The van der Waals surface area contributed by atoms with Crippen molar-refractivity contribution in [2.75, 3.05) is 17.6 Å². The summed E-state index contributed by atoms with van der Waals surface area (Å²) in [5.74, 6) is 5.64. The van der Waals surface area contributed by atoms with Gasteiger partial charge in [-0.25, -0.2) is 4.98 Å². The van der Waals surface area contributed by atoms with Crippen LogP contribution in [0.2, 0.25) is 0 Å². The SMILES string of the molecule is Nc1nc2c(O)cc(C#CCNc3cccc(C(F)(F)F)c3)cc2s1. The van der Waals surface area contributed by atoms with Crippen LogP contribution in [0.1, 0.15) is 11.1 Å². The molecule has 0 atom stereocenters. The number of phenols is 1. The van der Waals surface area contributed by atoms with Gasteiger partial charge in [0.25, 0.3) is 0 Å². The van der Waals surface area contributed by atoms with E-state index in [0.29, 0.717) is 26.6 Å². The molecule has 0 bridgehead atoms. The summed E-state index contributed by atoms with van der Waals surface area (Å²) in [7, 11) is 0. The summed E-state index contributed by atoms with van der Waals surface area (Å²) in [4.78, 5) is 4.01. The van der Waals surface area contributed by atoms with Crippen LogP contribution < -0.4 is 11.1 Å². The molecule has 0 spiro atoms. The molecule has 0 amide bonds. The number of nitrogens with zero attached hydrogens (tertiary/aromatic N) is 1. The van der Waals surface area contributed by atoms with Gasteiger partial charge in [0.2, 0.25) is 0 Å². The number of halogens is 3. The first-order chi connectivity index (χ1) is 11.8. The lowest BCUT2D eigenvalue weighted by molar-refractivity contribution is -0.137. The first kappa shape index (κ1) is 16.9. The molecule has 2 aromatic carbocycles. The summed E-state index contributed by atoms with van der Waals surface area (Å²) in [6.07, 6.45) is -4.38. The number of aromatic hydroxyl groups is 1. The average molecular weight is 363 g/mol. The van der Waals surface area contributed by atoms with Gasteiger partial charge in [0.05, 0.1) is 16.8 Å². The highest BCUT2D eigenvalue weighted by atomic mass is 32.1. The zero-order valence-electron chi connectivity index (χ0n) is 12.7. The van der Waals surface area contributed by atoms with Crippen LogP contribution in [-0.4, -0.2) is 16.6 Å². The number of fused-ring (bicyclic) bond motifs is 1. The summed E-state index contributed by atoms with van der Waals surface area (Å²) in [5.41, 5.74) is 6.22. The van der Waals surface area contributed by atoms with E-state index < -0.39 is 11.7 Å². The quantitative estimate of drug-likeness (QED) is 0.601. The number of anilines is 2. The van der Waals surface area contributed by atoms with Crippen molar-refractivity contribution in [3.63, 3.8) is 0 Å². The molecule has 1 aromatic heterocycles. The van der Waals surface area contributed by atoms with Crippen LogP contribution in [0.5, 0.6) is 5.75 Å². The fraction of sp³-hybridized carbons (Fsp3) is 0.118. The van der Waals surface area contributed by atoms with E-state index in [1.165, 1.54) is 29.5 Å². The van der Waals surface area contributed by atoms with E-state index in [1.54, 1.807) is 6.07 Å². The normalized spacial score (nSPS) is 11.2. The molecule has 3 aromatic rings. The second kappa shape index (κ2) is 6.53. The third-order valence-corrected chi connectivity index (χ3v) is 4.13. The largest absolute Gasteiger partial charge is 0.506 e. The van der Waals surface area contributed by atoms with Crippen LogP contribution in [0.3, 0.4) is 0 Å². The van der Waals surface area contributed by atoms with E-state index in [0.717, 1.165) is 12.1 Å². The van der Waals surface area contributed by atoms with Gasteiger partial charge < -0.3 is 16.2 Å². The third-order valence-electron chi connectivity index (χ3n) is 3.29. The van der Waals surface area contributed by atoms with Crippen molar-refractivity contribution in [2.24, 2.45) is 0 Å². The number of alkyl halides is 3. The summed E-state index contributed by atoms with van der Waals surface area (Å²) in [6, 6.07) is 8.13. The minimum absolute atomic E-state index is 0.0133. The summed E-state index contributed by atoms with van der Waals surface area (Å²) < 4.78 is 38.7.